The zero-order chi connectivity index (χ0) is 28.1. The van der Waals surface area contributed by atoms with E-state index in [9.17, 15) is 19.5 Å². The molecule has 0 spiro atoms. The van der Waals surface area contributed by atoms with Crippen molar-refractivity contribution in [1.82, 2.24) is 10.2 Å². The Bertz CT molecular complexity index is 1540. The molecule has 0 unspecified atom stereocenters. The smallest absolute Gasteiger partial charge is 0.324 e. The molecule has 0 aliphatic carbocycles. The van der Waals surface area contributed by atoms with Gasteiger partial charge in [0.2, 0.25) is 0 Å². The van der Waals surface area contributed by atoms with Crippen molar-refractivity contribution in [2.45, 2.75) is 11.4 Å². The number of rotatable bonds is 9. The predicted octanol–water partition coefficient (Wildman–Crippen LogP) is 6.38. The number of hydrogen-bond donors (Lipinski definition) is 2. The predicted molar refractivity (Wildman–Crippen MR) is 157 cm³/mol. The SMILES string of the molecule is CN(C)C(=O)c1cccc(CNC(=O)c2cccc3c(N(CC(=O)O)Sc4cc(Cl)cc(Cl)c4)cccc23)c1. The molecule has 2 amide bonds. The van der Waals surface area contributed by atoms with Crippen molar-refractivity contribution in [2.24, 2.45) is 0 Å². The molecule has 0 saturated carbocycles. The summed E-state index contributed by atoms with van der Waals surface area (Å²) in [7, 11) is 3.37. The second kappa shape index (κ2) is 12.4. The Kier molecular flexibility index (Phi) is 9.01. The summed E-state index contributed by atoms with van der Waals surface area (Å²) in [6, 6.07) is 22.9. The molecule has 4 aromatic carbocycles. The molecule has 0 radical (unpaired) electrons. The molecule has 0 aromatic heterocycles. The van der Waals surface area contributed by atoms with E-state index in [1.165, 1.54) is 16.8 Å². The fraction of sp³-hybridized carbons (Fsp3) is 0.138. The van der Waals surface area contributed by atoms with Crippen molar-refractivity contribution in [3.63, 3.8) is 0 Å². The third-order valence-corrected chi connectivity index (χ3v) is 7.21. The van der Waals surface area contributed by atoms with Crippen LogP contribution in [-0.2, 0) is 11.3 Å². The maximum atomic E-state index is 13.3. The molecule has 0 heterocycles. The highest BCUT2D eigenvalue weighted by atomic mass is 35.5. The Morgan fingerprint density at radius 1 is 0.872 bits per heavy atom. The molecule has 0 fully saturated rings. The van der Waals surface area contributed by atoms with Crippen LogP contribution < -0.4 is 9.62 Å². The molecule has 200 valence electrons. The normalized spacial score (nSPS) is 10.8. The molecule has 39 heavy (non-hydrogen) atoms. The Hall–Kier alpha value is -3.72. The lowest BCUT2D eigenvalue weighted by atomic mass is 10.0. The first kappa shape index (κ1) is 28.3. The summed E-state index contributed by atoms with van der Waals surface area (Å²) in [5.74, 6) is -1.42. The quantitative estimate of drug-likeness (QED) is 0.223. The van der Waals surface area contributed by atoms with Gasteiger partial charge >= 0.3 is 5.97 Å². The number of carboxylic acid groups (broad SMARTS) is 1. The zero-order valence-corrected chi connectivity index (χ0v) is 23.5. The minimum absolute atomic E-state index is 0.117. The van der Waals surface area contributed by atoms with Gasteiger partial charge in [-0.15, -0.1) is 0 Å². The highest BCUT2D eigenvalue weighted by Gasteiger charge is 2.19. The van der Waals surface area contributed by atoms with Crippen LogP contribution >= 0.6 is 35.1 Å². The molecule has 7 nitrogen and oxygen atoms in total. The van der Waals surface area contributed by atoms with Gasteiger partial charge < -0.3 is 19.6 Å². The summed E-state index contributed by atoms with van der Waals surface area (Å²) >= 11 is 13.5. The molecular weight excluding hydrogens is 557 g/mol. The van der Waals surface area contributed by atoms with Crippen molar-refractivity contribution in [3.8, 4) is 0 Å². The molecule has 2 N–H and O–H groups in total. The number of carboxylic acids is 1. The van der Waals surface area contributed by atoms with Gasteiger partial charge in [0.25, 0.3) is 11.8 Å². The van der Waals surface area contributed by atoms with E-state index in [-0.39, 0.29) is 24.9 Å². The lowest BCUT2D eigenvalue weighted by molar-refractivity contribution is -0.135. The monoisotopic (exact) mass is 581 g/mol. The average Bonchev–Trinajstić information content (AvgIpc) is 2.89. The van der Waals surface area contributed by atoms with Crippen LogP contribution in [-0.4, -0.2) is 48.4 Å². The van der Waals surface area contributed by atoms with Crippen LogP contribution in [0.3, 0.4) is 0 Å². The second-order valence-electron chi connectivity index (χ2n) is 8.89. The van der Waals surface area contributed by atoms with Gasteiger partial charge in [-0.05, 0) is 65.4 Å². The van der Waals surface area contributed by atoms with Gasteiger partial charge in [0, 0.05) is 52.1 Å². The molecule has 4 aromatic rings. The molecule has 10 heteroatoms. The van der Waals surface area contributed by atoms with E-state index in [0.29, 0.717) is 42.5 Å². The van der Waals surface area contributed by atoms with E-state index < -0.39 is 5.97 Å². The number of benzene rings is 4. The number of carbonyl (C=O) groups excluding carboxylic acids is 2. The number of carbonyl (C=O) groups is 3. The fourth-order valence-electron chi connectivity index (χ4n) is 4.06. The number of hydrogen-bond acceptors (Lipinski definition) is 5. The molecule has 0 saturated heterocycles. The highest BCUT2D eigenvalue weighted by molar-refractivity contribution is 8.00. The van der Waals surface area contributed by atoms with E-state index in [4.69, 9.17) is 23.2 Å². The minimum Gasteiger partial charge on any atom is -0.480 e. The van der Waals surface area contributed by atoms with Gasteiger partial charge in [-0.25, -0.2) is 0 Å². The van der Waals surface area contributed by atoms with Crippen LogP contribution in [0.1, 0.15) is 26.3 Å². The molecule has 0 bridgehead atoms. The summed E-state index contributed by atoms with van der Waals surface area (Å²) in [5, 5.41) is 14.8. The second-order valence-corrected chi connectivity index (χ2v) is 10.9. The van der Waals surface area contributed by atoms with Crippen LogP contribution in [0.4, 0.5) is 5.69 Å². The molecular formula is C29H25Cl2N3O4S. The van der Waals surface area contributed by atoms with Crippen molar-refractivity contribution in [2.75, 3.05) is 24.9 Å². The number of nitrogens with one attached hydrogen (secondary N) is 1. The first-order valence-electron chi connectivity index (χ1n) is 11.9. The van der Waals surface area contributed by atoms with Gasteiger partial charge in [0.1, 0.15) is 6.54 Å². The van der Waals surface area contributed by atoms with Crippen LogP contribution in [0.15, 0.2) is 83.8 Å². The number of fused-ring (bicyclic) bond motifs is 1. The minimum atomic E-state index is -1.02. The zero-order valence-electron chi connectivity index (χ0n) is 21.2. The van der Waals surface area contributed by atoms with E-state index >= 15 is 0 Å². The van der Waals surface area contributed by atoms with E-state index in [0.717, 1.165) is 5.56 Å². The summed E-state index contributed by atoms with van der Waals surface area (Å²) in [6.07, 6.45) is 0. The molecule has 0 atom stereocenters. The third-order valence-electron chi connectivity index (χ3n) is 5.78. The molecule has 0 aliphatic heterocycles. The first-order chi connectivity index (χ1) is 18.6. The fourth-order valence-corrected chi connectivity index (χ4v) is 5.76. The number of halogens is 2. The van der Waals surface area contributed by atoms with Crippen LogP contribution in [0.25, 0.3) is 10.8 Å². The Morgan fingerprint density at radius 2 is 1.54 bits per heavy atom. The van der Waals surface area contributed by atoms with E-state index in [1.54, 1.807) is 79.1 Å². The molecule has 0 aliphatic rings. The number of amides is 2. The lowest BCUT2D eigenvalue weighted by Gasteiger charge is -2.23. The van der Waals surface area contributed by atoms with E-state index in [2.05, 4.69) is 5.32 Å². The third kappa shape index (κ3) is 7.03. The van der Waals surface area contributed by atoms with Gasteiger partial charge in [-0.3, -0.25) is 14.4 Å². The number of nitrogens with zero attached hydrogens (tertiary/aromatic N) is 2. The molecule has 4 rings (SSSR count). The lowest BCUT2D eigenvalue weighted by Crippen LogP contribution is -2.25. The summed E-state index contributed by atoms with van der Waals surface area (Å²) in [6.45, 7) is -0.0632. The van der Waals surface area contributed by atoms with Gasteiger partial charge in [-0.1, -0.05) is 59.6 Å². The van der Waals surface area contributed by atoms with Crippen molar-refractivity contribution < 1.29 is 19.5 Å². The van der Waals surface area contributed by atoms with Crippen molar-refractivity contribution >= 4 is 69.4 Å². The first-order valence-corrected chi connectivity index (χ1v) is 13.4. The maximum Gasteiger partial charge on any atom is 0.324 e. The van der Waals surface area contributed by atoms with Gasteiger partial charge in [0.15, 0.2) is 0 Å². The standard InChI is InChI=1S/C29H25Cl2N3O4S/c1-33(2)29(38)19-7-3-6-18(12-19)16-32-28(37)25-10-4-9-24-23(25)8-5-11-26(24)34(17-27(35)36)39-22-14-20(30)13-21(31)15-22/h3-15H,16-17H2,1-2H3,(H,32,37)(H,35,36). The highest BCUT2D eigenvalue weighted by Crippen LogP contribution is 2.37. The Labute approximate surface area is 240 Å². The maximum absolute atomic E-state index is 13.3. The summed E-state index contributed by atoms with van der Waals surface area (Å²) in [5.41, 5.74) is 2.40. The number of aliphatic carboxylic acids is 1. The topological polar surface area (TPSA) is 90.0 Å². The Morgan fingerprint density at radius 3 is 2.23 bits per heavy atom. The Balaban J connectivity index is 1.62. The van der Waals surface area contributed by atoms with Crippen LogP contribution in [0, 0.1) is 0 Å². The van der Waals surface area contributed by atoms with Crippen molar-refractivity contribution in [3.05, 3.63) is 106 Å². The largest absolute Gasteiger partial charge is 0.480 e. The average molecular weight is 583 g/mol. The number of anilines is 1. The van der Waals surface area contributed by atoms with Gasteiger partial charge in [0.05, 0.1) is 5.69 Å². The van der Waals surface area contributed by atoms with Crippen molar-refractivity contribution in [1.29, 1.82) is 0 Å². The van der Waals surface area contributed by atoms with E-state index in [1.807, 2.05) is 18.2 Å². The van der Waals surface area contributed by atoms with Gasteiger partial charge in [-0.2, -0.15) is 0 Å². The summed E-state index contributed by atoms with van der Waals surface area (Å²) in [4.78, 5) is 39.5. The van der Waals surface area contributed by atoms with Crippen LogP contribution in [0.5, 0.6) is 0 Å². The van der Waals surface area contributed by atoms with Crippen LogP contribution in [0.2, 0.25) is 10.0 Å². The summed E-state index contributed by atoms with van der Waals surface area (Å²) < 4.78 is 1.63.